The fourth-order valence-corrected chi connectivity index (χ4v) is 3.55. The van der Waals surface area contributed by atoms with Crippen molar-refractivity contribution in [2.75, 3.05) is 27.3 Å². The molecule has 7 heteroatoms. The van der Waals surface area contributed by atoms with Gasteiger partial charge in [-0.1, -0.05) is 48.5 Å². The van der Waals surface area contributed by atoms with Crippen LogP contribution in [-0.2, 0) is 16.1 Å². The normalized spacial score (nSPS) is 16.1. The number of carbonyl (C=O) groups is 2. The summed E-state index contributed by atoms with van der Waals surface area (Å²) in [6.45, 7) is 3.40. The Bertz CT molecular complexity index is 927. The summed E-state index contributed by atoms with van der Waals surface area (Å²) in [6.07, 6.45) is 0. The first-order chi connectivity index (χ1) is 14.5. The molecule has 0 saturated heterocycles. The van der Waals surface area contributed by atoms with Crippen molar-refractivity contribution in [3.05, 3.63) is 77.0 Å². The van der Waals surface area contributed by atoms with Crippen molar-refractivity contribution in [3.8, 4) is 5.75 Å². The molecule has 0 aromatic heterocycles. The van der Waals surface area contributed by atoms with Crippen LogP contribution in [0.25, 0.3) is 0 Å². The fourth-order valence-electron chi connectivity index (χ4n) is 3.55. The number of carbonyl (C=O) groups excluding carboxylic acids is 2. The topological polar surface area (TPSA) is 79.9 Å². The molecular formula is C23H27N3O4. The number of urea groups is 1. The molecule has 2 aromatic carbocycles. The molecular weight excluding hydrogens is 382 g/mol. The molecule has 0 fully saturated rings. The number of hydrogen-bond acceptors (Lipinski definition) is 5. The monoisotopic (exact) mass is 409 g/mol. The Hall–Kier alpha value is -3.32. The van der Waals surface area contributed by atoms with E-state index in [0.29, 0.717) is 42.3 Å². The molecule has 1 atom stereocenters. The second kappa shape index (κ2) is 9.93. The maximum atomic E-state index is 12.7. The van der Waals surface area contributed by atoms with Crippen LogP contribution >= 0.6 is 0 Å². The van der Waals surface area contributed by atoms with Crippen molar-refractivity contribution in [1.82, 2.24) is 15.5 Å². The Labute approximate surface area is 176 Å². The summed E-state index contributed by atoms with van der Waals surface area (Å²) in [5.41, 5.74) is 2.72. The molecule has 2 aromatic rings. The van der Waals surface area contributed by atoms with Gasteiger partial charge < -0.3 is 20.1 Å². The molecule has 2 N–H and O–H groups in total. The van der Waals surface area contributed by atoms with E-state index < -0.39 is 12.0 Å². The van der Waals surface area contributed by atoms with Crippen LogP contribution in [0.3, 0.4) is 0 Å². The maximum absolute atomic E-state index is 12.7. The van der Waals surface area contributed by atoms with Crippen LogP contribution in [0.4, 0.5) is 4.79 Å². The van der Waals surface area contributed by atoms with Gasteiger partial charge in [0.2, 0.25) is 0 Å². The van der Waals surface area contributed by atoms with Crippen molar-refractivity contribution in [1.29, 1.82) is 0 Å². The van der Waals surface area contributed by atoms with Crippen LogP contribution in [0, 0.1) is 0 Å². The molecule has 1 aliphatic rings. The lowest BCUT2D eigenvalue weighted by Crippen LogP contribution is -2.48. The molecule has 0 saturated carbocycles. The molecule has 158 valence electrons. The Morgan fingerprint density at radius 2 is 1.77 bits per heavy atom. The molecule has 0 radical (unpaired) electrons. The van der Waals surface area contributed by atoms with Gasteiger partial charge >= 0.3 is 12.0 Å². The largest absolute Gasteiger partial charge is 0.494 e. The highest BCUT2D eigenvalue weighted by atomic mass is 16.5. The number of nitrogens with one attached hydrogen (secondary N) is 2. The van der Waals surface area contributed by atoms with Gasteiger partial charge in [0.25, 0.3) is 0 Å². The summed E-state index contributed by atoms with van der Waals surface area (Å²) in [5.74, 6) is 0.118. The summed E-state index contributed by atoms with van der Waals surface area (Å²) in [6, 6.07) is 16.3. The molecule has 0 spiro atoms. The molecule has 0 aliphatic carbocycles. The van der Waals surface area contributed by atoms with Crippen LogP contribution in [0.15, 0.2) is 65.9 Å². The zero-order valence-corrected chi connectivity index (χ0v) is 17.5. The van der Waals surface area contributed by atoms with Crippen molar-refractivity contribution < 1.29 is 19.1 Å². The van der Waals surface area contributed by atoms with E-state index in [9.17, 15) is 9.59 Å². The van der Waals surface area contributed by atoms with Gasteiger partial charge in [-0.2, -0.15) is 0 Å². The predicted molar refractivity (Wildman–Crippen MR) is 114 cm³/mol. The summed E-state index contributed by atoms with van der Waals surface area (Å²) in [4.78, 5) is 27.2. The van der Waals surface area contributed by atoms with Gasteiger partial charge in [0.15, 0.2) is 0 Å². The highest BCUT2D eigenvalue weighted by Gasteiger charge is 2.35. The summed E-state index contributed by atoms with van der Waals surface area (Å²) >= 11 is 0. The molecule has 1 heterocycles. The van der Waals surface area contributed by atoms with Gasteiger partial charge in [0, 0.05) is 24.4 Å². The standard InChI is InChI=1S/C23H27N3O4/c1-4-30-19-13-9-8-12-17(19)21-20(22(27)29-3)18(24-23(28)25-21)15-26(2)14-16-10-6-5-7-11-16/h5-13,21H,4,14-15H2,1-3H3,(H2,24,25,28)/t21-/m1/s1. The van der Waals surface area contributed by atoms with Gasteiger partial charge in [0.05, 0.1) is 25.3 Å². The van der Waals surface area contributed by atoms with E-state index in [4.69, 9.17) is 9.47 Å². The van der Waals surface area contributed by atoms with E-state index in [1.807, 2.05) is 73.5 Å². The van der Waals surface area contributed by atoms with Crippen LogP contribution in [0.5, 0.6) is 5.75 Å². The highest BCUT2D eigenvalue weighted by molar-refractivity contribution is 5.95. The summed E-state index contributed by atoms with van der Waals surface area (Å²) in [5, 5.41) is 5.64. The lowest BCUT2D eigenvalue weighted by Gasteiger charge is -2.31. The zero-order valence-electron chi connectivity index (χ0n) is 17.5. The minimum atomic E-state index is -0.672. The Kier molecular flexibility index (Phi) is 7.08. The number of para-hydroxylation sites is 1. The van der Waals surface area contributed by atoms with Gasteiger partial charge in [0.1, 0.15) is 5.75 Å². The second-order valence-electron chi connectivity index (χ2n) is 7.04. The third-order valence-electron chi connectivity index (χ3n) is 4.81. The molecule has 3 rings (SSSR count). The summed E-state index contributed by atoms with van der Waals surface area (Å²) < 4.78 is 10.8. The minimum Gasteiger partial charge on any atom is -0.494 e. The lowest BCUT2D eigenvalue weighted by molar-refractivity contribution is -0.136. The maximum Gasteiger partial charge on any atom is 0.338 e. The minimum absolute atomic E-state index is 0.365. The number of likely N-dealkylation sites (N-methyl/N-ethyl adjacent to an activating group) is 1. The van der Waals surface area contributed by atoms with Crippen LogP contribution in [0.2, 0.25) is 0 Å². The van der Waals surface area contributed by atoms with Crippen LogP contribution < -0.4 is 15.4 Å². The fraction of sp³-hybridized carbons (Fsp3) is 0.304. The van der Waals surface area contributed by atoms with E-state index in [0.717, 1.165) is 5.56 Å². The van der Waals surface area contributed by atoms with E-state index in [1.54, 1.807) is 0 Å². The third-order valence-corrected chi connectivity index (χ3v) is 4.81. The van der Waals surface area contributed by atoms with Gasteiger partial charge in [-0.05, 0) is 25.6 Å². The average Bonchev–Trinajstić information content (AvgIpc) is 2.74. The van der Waals surface area contributed by atoms with E-state index in [-0.39, 0.29) is 6.03 Å². The number of hydrogen-bond donors (Lipinski definition) is 2. The number of esters is 1. The molecule has 0 bridgehead atoms. The molecule has 2 amide bonds. The Balaban J connectivity index is 1.97. The Morgan fingerprint density at radius 3 is 2.47 bits per heavy atom. The van der Waals surface area contributed by atoms with Crippen molar-refractivity contribution in [3.63, 3.8) is 0 Å². The first kappa shape index (κ1) is 21.4. The van der Waals surface area contributed by atoms with Crippen molar-refractivity contribution >= 4 is 12.0 Å². The van der Waals surface area contributed by atoms with Gasteiger partial charge in [-0.25, -0.2) is 9.59 Å². The summed E-state index contributed by atoms with van der Waals surface area (Å²) in [7, 11) is 3.27. The lowest BCUT2D eigenvalue weighted by atomic mass is 9.94. The number of benzene rings is 2. The second-order valence-corrected chi connectivity index (χ2v) is 7.04. The van der Waals surface area contributed by atoms with E-state index in [1.165, 1.54) is 7.11 Å². The highest BCUT2D eigenvalue weighted by Crippen LogP contribution is 2.33. The zero-order chi connectivity index (χ0) is 21.5. The quantitative estimate of drug-likeness (QED) is 0.655. The number of amides is 2. The van der Waals surface area contributed by atoms with Crippen LogP contribution in [-0.4, -0.2) is 44.2 Å². The molecule has 0 unspecified atom stereocenters. The predicted octanol–water partition coefficient (Wildman–Crippen LogP) is 3.00. The number of rotatable bonds is 8. The number of nitrogens with zero attached hydrogens (tertiary/aromatic N) is 1. The van der Waals surface area contributed by atoms with Gasteiger partial charge in [-0.3, -0.25) is 4.90 Å². The molecule has 30 heavy (non-hydrogen) atoms. The van der Waals surface area contributed by atoms with E-state index in [2.05, 4.69) is 10.6 Å². The number of ether oxygens (including phenoxy) is 2. The number of methoxy groups -OCH3 is 1. The average molecular weight is 409 g/mol. The van der Waals surface area contributed by atoms with Crippen LogP contribution in [0.1, 0.15) is 24.1 Å². The first-order valence-electron chi connectivity index (χ1n) is 9.86. The van der Waals surface area contributed by atoms with Crippen molar-refractivity contribution in [2.45, 2.75) is 19.5 Å². The molecule has 7 nitrogen and oxygen atoms in total. The Morgan fingerprint density at radius 1 is 1.07 bits per heavy atom. The van der Waals surface area contributed by atoms with Gasteiger partial charge in [-0.15, -0.1) is 0 Å². The van der Waals surface area contributed by atoms with Crippen molar-refractivity contribution in [2.24, 2.45) is 0 Å². The molecule has 1 aliphatic heterocycles. The van der Waals surface area contributed by atoms with E-state index >= 15 is 0 Å². The SMILES string of the molecule is CCOc1ccccc1[C@H]1NC(=O)NC(CN(C)Cc2ccccc2)=C1C(=O)OC. The third kappa shape index (κ3) is 4.99. The first-order valence-corrected chi connectivity index (χ1v) is 9.86. The smallest absolute Gasteiger partial charge is 0.338 e.